The van der Waals surface area contributed by atoms with Crippen LogP contribution in [0, 0.1) is 0 Å². The number of nitrogens with zero attached hydrogens (tertiary/aromatic N) is 1. The monoisotopic (exact) mass is 224 g/mol. The maximum Gasteiger partial charge on any atom is 0.198 e. The second-order valence-electron chi connectivity index (χ2n) is 3.99. The van der Waals surface area contributed by atoms with Crippen LogP contribution in [-0.4, -0.2) is 42.8 Å². The highest BCUT2D eigenvalue weighted by Gasteiger charge is 2.30. The summed E-state index contributed by atoms with van der Waals surface area (Å²) in [5.41, 5.74) is 0.967. The summed E-state index contributed by atoms with van der Waals surface area (Å²) in [7, 11) is 3.53. The summed E-state index contributed by atoms with van der Waals surface area (Å²) in [6.07, 6.45) is 3.62. The van der Waals surface area contributed by atoms with Crippen LogP contribution in [-0.2, 0) is 0 Å². The second kappa shape index (κ2) is 5.41. The zero-order valence-electron chi connectivity index (χ0n) is 9.59. The summed E-state index contributed by atoms with van der Waals surface area (Å²) in [6, 6.07) is 9.78. The van der Waals surface area contributed by atoms with E-state index in [9.17, 15) is 5.11 Å². The van der Waals surface area contributed by atoms with Gasteiger partial charge in [-0.05, 0) is 19.7 Å². The molecule has 0 saturated heterocycles. The minimum absolute atomic E-state index is 0.113. The van der Waals surface area contributed by atoms with Crippen LogP contribution >= 0.6 is 7.55 Å². The maximum absolute atomic E-state index is 10.3. The molecule has 3 heteroatoms. The Morgan fingerprint density at radius 3 is 2.20 bits per heavy atom. The Balaban J connectivity index is 2.91. The van der Waals surface area contributed by atoms with E-state index in [2.05, 4.69) is 17.9 Å². The van der Waals surface area contributed by atoms with E-state index in [-0.39, 0.29) is 5.78 Å². The summed E-state index contributed by atoms with van der Waals surface area (Å²) in [5, 5.41) is 10.3. The van der Waals surface area contributed by atoms with Crippen molar-refractivity contribution in [3.8, 4) is 0 Å². The van der Waals surface area contributed by atoms with Gasteiger partial charge in [0.2, 0.25) is 0 Å². The fourth-order valence-electron chi connectivity index (χ4n) is 1.74. The largest absolute Gasteiger partial charge is 0.382 e. The fourth-order valence-corrected chi connectivity index (χ4v) is 3.18. The van der Waals surface area contributed by atoms with Crippen molar-refractivity contribution < 1.29 is 5.11 Å². The molecule has 0 radical (unpaired) electrons. The van der Waals surface area contributed by atoms with E-state index in [0.717, 1.165) is 5.56 Å². The average Bonchev–Trinajstić information content (AvgIpc) is 2.18. The van der Waals surface area contributed by atoms with Gasteiger partial charge in [-0.2, -0.15) is 0 Å². The molecule has 1 rings (SSSR count). The van der Waals surface area contributed by atoms with Crippen LogP contribution in [0.4, 0.5) is 0 Å². The minimum Gasteiger partial charge on any atom is -0.382 e. The van der Waals surface area contributed by atoms with Crippen molar-refractivity contribution in [1.29, 1.82) is 0 Å². The molecule has 1 aromatic rings. The molecule has 0 amide bonds. The molecule has 82 valence electrons. The second-order valence-corrected chi connectivity index (χ2v) is 6.03. The lowest BCUT2D eigenvalue weighted by molar-refractivity contribution is 0.119. The van der Waals surface area contributed by atoms with Crippen molar-refractivity contribution in [3.05, 3.63) is 35.9 Å². The first-order valence-electron chi connectivity index (χ1n) is 4.97. The molecule has 0 spiro atoms. The van der Waals surface area contributed by atoms with Gasteiger partial charge in [0.25, 0.3) is 0 Å². The van der Waals surface area contributed by atoms with Gasteiger partial charge >= 0.3 is 0 Å². The summed E-state index contributed by atoms with van der Waals surface area (Å²) in [4.78, 5) is 2.05. The predicted molar refractivity (Wildman–Crippen MR) is 68.8 cm³/mol. The maximum atomic E-state index is 10.3. The molecule has 15 heavy (non-hydrogen) atoms. The van der Waals surface area contributed by atoms with Gasteiger partial charge < -0.3 is 5.11 Å². The lowest BCUT2D eigenvalue weighted by Crippen LogP contribution is -2.30. The Bertz CT molecular complexity index is 324. The third-order valence-corrected chi connectivity index (χ3v) is 4.05. The molecule has 0 aliphatic rings. The van der Waals surface area contributed by atoms with Gasteiger partial charge in [-0.3, -0.25) is 4.90 Å². The van der Waals surface area contributed by atoms with E-state index in [1.807, 2.05) is 44.4 Å². The fraction of sp³-hybridized carbons (Fsp3) is 0.417. The first kappa shape index (κ1) is 12.4. The molecule has 0 aliphatic heterocycles. The van der Waals surface area contributed by atoms with Crippen LogP contribution in [0.3, 0.4) is 0 Å². The van der Waals surface area contributed by atoms with E-state index in [1.54, 1.807) is 0 Å². The zero-order chi connectivity index (χ0) is 11.4. The normalized spacial score (nSPS) is 16.2. The van der Waals surface area contributed by atoms with E-state index < -0.39 is 13.6 Å². The van der Waals surface area contributed by atoms with Crippen LogP contribution in [0.1, 0.15) is 11.7 Å². The zero-order valence-corrected chi connectivity index (χ0v) is 10.5. The number of hydrogen-bond donors (Lipinski definition) is 1. The Labute approximate surface area is 92.9 Å². The van der Waals surface area contributed by atoms with Crippen LogP contribution in [0.15, 0.2) is 30.3 Å². The molecule has 0 saturated carbocycles. The Morgan fingerprint density at radius 1 is 1.27 bits per heavy atom. The first-order valence-corrected chi connectivity index (χ1v) is 7.01. The van der Waals surface area contributed by atoms with E-state index >= 15 is 0 Å². The Kier molecular flexibility index (Phi) is 4.46. The van der Waals surface area contributed by atoms with Crippen molar-refractivity contribution in [1.82, 2.24) is 4.90 Å². The molecule has 0 aromatic heterocycles. The third-order valence-electron chi connectivity index (χ3n) is 2.40. The summed E-state index contributed by atoms with van der Waals surface area (Å²) in [6.45, 7) is 2.09. The summed E-state index contributed by atoms with van der Waals surface area (Å²) < 4.78 is 0. The van der Waals surface area contributed by atoms with Crippen molar-refractivity contribution in [2.75, 3.05) is 20.8 Å². The van der Waals surface area contributed by atoms with Gasteiger partial charge in [-0.25, -0.2) is 0 Å². The molecular weight excluding hydrogens is 205 g/mol. The van der Waals surface area contributed by atoms with Crippen LogP contribution in [0.2, 0.25) is 0 Å². The van der Waals surface area contributed by atoms with Gasteiger partial charge in [0, 0.05) is 0 Å². The molecule has 3 unspecified atom stereocenters. The van der Waals surface area contributed by atoms with Crippen LogP contribution in [0.25, 0.3) is 0 Å². The van der Waals surface area contributed by atoms with Crippen molar-refractivity contribution in [2.45, 2.75) is 11.9 Å². The molecule has 1 N–H and O–H groups in total. The number of hydrogen-bond acceptors (Lipinski definition) is 2. The van der Waals surface area contributed by atoms with Gasteiger partial charge in [0.15, 0.2) is 5.78 Å². The molecule has 0 aliphatic carbocycles. The first-order chi connectivity index (χ1) is 7.04. The van der Waals surface area contributed by atoms with Crippen molar-refractivity contribution in [3.63, 3.8) is 0 Å². The molecule has 2 nitrogen and oxygen atoms in total. The van der Waals surface area contributed by atoms with E-state index in [4.69, 9.17) is 0 Å². The Morgan fingerprint density at radius 2 is 1.80 bits per heavy atom. The van der Waals surface area contributed by atoms with Crippen LogP contribution in [0.5, 0.6) is 0 Å². The number of aliphatic hydroxyl groups excluding tert-OH is 1. The average molecular weight is 224 g/mol. The SMILES string of the molecule is C=[P+](C)C(C(O)c1ccccc1)N(C)C. The molecule has 0 bridgehead atoms. The summed E-state index contributed by atoms with van der Waals surface area (Å²) in [5.74, 6) is 0.113. The number of aliphatic hydroxyl groups is 1. The van der Waals surface area contributed by atoms with Gasteiger partial charge in [-0.1, -0.05) is 30.3 Å². The van der Waals surface area contributed by atoms with Crippen LogP contribution < -0.4 is 0 Å². The predicted octanol–water partition coefficient (Wildman–Crippen LogP) is 2.15. The van der Waals surface area contributed by atoms with Crippen molar-refractivity contribution in [2.24, 2.45) is 0 Å². The molecule has 3 atom stereocenters. The van der Waals surface area contributed by atoms with E-state index in [0.29, 0.717) is 0 Å². The minimum atomic E-state index is -0.449. The van der Waals surface area contributed by atoms with Gasteiger partial charge in [0.1, 0.15) is 13.6 Å². The lowest BCUT2D eigenvalue weighted by Gasteiger charge is -2.23. The molecule has 0 fully saturated rings. The van der Waals surface area contributed by atoms with Gasteiger partial charge in [0.05, 0.1) is 13.0 Å². The standard InChI is InChI=1S/C12H19NOP/c1-13(2)12(15(3)4)11(14)10-8-6-5-7-9-10/h5-9,11-12,14H,3H2,1-2,4H3/q+1. The molecule has 1 aromatic carbocycles. The summed E-state index contributed by atoms with van der Waals surface area (Å²) >= 11 is 0. The van der Waals surface area contributed by atoms with Crippen molar-refractivity contribution >= 4 is 13.8 Å². The smallest absolute Gasteiger partial charge is 0.198 e. The number of rotatable bonds is 4. The topological polar surface area (TPSA) is 23.5 Å². The Hall–Kier alpha value is -0.690. The lowest BCUT2D eigenvalue weighted by atomic mass is 10.1. The highest BCUT2D eigenvalue weighted by molar-refractivity contribution is 7.55. The number of likely N-dealkylation sites (N-methyl/N-ethyl adjacent to an activating group) is 1. The van der Waals surface area contributed by atoms with E-state index in [1.165, 1.54) is 0 Å². The number of benzene rings is 1. The molecule has 0 heterocycles. The molecular formula is C12H19NOP+. The van der Waals surface area contributed by atoms with Gasteiger partial charge in [-0.15, -0.1) is 0 Å². The highest BCUT2D eigenvalue weighted by Crippen LogP contribution is 2.34. The quantitative estimate of drug-likeness (QED) is 0.792. The highest BCUT2D eigenvalue weighted by atomic mass is 31.1. The third kappa shape index (κ3) is 3.13.